The number of hydrogen-bond acceptors (Lipinski definition) is 6. The monoisotopic (exact) mass is 580 g/mol. The zero-order valence-electron chi connectivity index (χ0n) is 23.4. The van der Waals surface area contributed by atoms with Crippen LogP contribution >= 0.6 is 23.5 Å². The second-order valence-electron chi connectivity index (χ2n) is 10.2. The summed E-state index contributed by atoms with van der Waals surface area (Å²) in [6.45, 7) is 6.16. The molecular weight excluding hydrogens is 549 g/mol. The van der Waals surface area contributed by atoms with Gasteiger partial charge in [-0.3, -0.25) is 14.4 Å². The summed E-state index contributed by atoms with van der Waals surface area (Å²) in [5.41, 5.74) is 2.92. The average Bonchev–Trinajstić information content (AvgIpc) is 2.98. The van der Waals surface area contributed by atoms with Crippen molar-refractivity contribution in [3.05, 3.63) is 113 Å². The molecule has 0 fully saturated rings. The third-order valence-electron chi connectivity index (χ3n) is 7.25. The molecule has 4 nitrogen and oxygen atoms in total. The van der Waals surface area contributed by atoms with Gasteiger partial charge in [0.25, 0.3) is 0 Å². The first kappa shape index (κ1) is 28.9. The van der Waals surface area contributed by atoms with Crippen molar-refractivity contribution in [3.63, 3.8) is 0 Å². The molecule has 1 atom stereocenters. The van der Waals surface area contributed by atoms with Gasteiger partial charge in [0, 0.05) is 41.8 Å². The van der Waals surface area contributed by atoms with Crippen LogP contribution in [0.4, 0.5) is 0 Å². The van der Waals surface area contributed by atoms with Crippen molar-refractivity contribution in [1.29, 1.82) is 0 Å². The van der Waals surface area contributed by atoms with Crippen LogP contribution in [0.1, 0.15) is 76.9 Å². The number of aryl methyl sites for hydroxylation is 1. The van der Waals surface area contributed by atoms with Gasteiger partial charge in [0.2, 0.25) is 0 Å². The third kappa shape index (κ3) is 6.34. The zero-order chi connectivity index (χ0) is 28.9. The van der Waals surface area contributed by atoms with E-state index in [4.69, 9.17) is 4.74 Å². The second-order valence-corrected chi connectivity index (χ2v) is 12.4. The third-order valence-corrected chi connectivity index (χ3v) is 9.38. The topological polar surface area (TPSA) is 60.4 Å². The number of unbranched alkanes of at least 4 members (excludes halogenated alkanes) is 1. The number of carbonyl (C=O) groups excluding carboxylic acids is 3. The fourth-order valence-electron chi connectivity index (χ4n) is 4.92. The van der Waals surface area contributed by atoms with Gasteiger partial charge in [0.15, 0.2) is 11.6 Å². The Labute approximate surface area is 249 Å². The SMILES string of the molecule is CCCCC(CC)C(=O)Oc1ccc(Sc2cccc3c2C(=O)c2cccc(Sc4ccc(C)cc4)c2C3=O)cc1. The van der Waals surface area contributed by atoms with Crippen molar-refractivity contribution in [3.8, 4) is 5.75 Å². The first-order valence-electron chi connectivity index (χ1n) is 14.0. The van der Waals surface area contributed by atoms with E-state index in [0.717, 1.165) is 50.8 Å². The first-order chi connectivity index (χ1) is 19.9. The Morgan fingerprint density at radius 3 is 1.73 bits per heavy atom. The number of benzene rings is 4. The summed E-state index contributed by atoms with van der Waals surface area (Å²) in [5, 5.41) is 0. The maximum absolute atomic E-state index is 13.8. The van der Waals surface area contributed by atoms with Crippen LogP contribution < -0.4 is 4.74 Å². The highest BCUT2D eigenvalue weighted by molar-refractivity contribution is 7.99. The predicted octanol–water partition coefficient (Wildman–Crippen LogP) is 9.19. The Kier molecular flexibility index (Phi) is 9.11. The van der Waals surface area contributed by atoms with Crippen LogP contribution in [-0.2, 0) is 4.79 Å². The molecule has 4 aromatic carbocycles. The maximum atomic E-state index is 13.8. The number of ether oxygens (including phenoxy) is 1. The van der Waals surface area contributed by atoms with Crippen LogP contribution in [0.3, 0.4) is 0 Å². The number of fused-ring (bicyclic) bond motifs is 2. The van der Waals surface area contributed by atoms with E-state index in [0.29, 0.717) is 28.0 Å². The molecule has 41 heavy (non-hydrogen) atoms. The molecular formula is C35H32O4S2. The Bertz CT molecular complexity index is 1590. The van der Waals surface area contributed by atoms with Crippen molar-refractivity contribution in [1.82, 2.24) is 0 Å². The van der Waals surface area contributed by atoms with Gasteiger partial charge < -0.3 is 4.74 Å². The normalized spacial score (nSPS) is 13.0. The fourth-order valence-corrected chi connectivity index (χ4v) is 6.88. The smallest absolute Gasteiger partial charge is 0.314 e. The molecule has 1 aliphatic carbocycles. The van der Waals surface area contributed by atoms with Crippen LogP contribution in [0.15, 0.2) is 105 Å². The lowest BCUT2D eigenvalue weighted by molar-refractivity contribution is -0.139. The molecule has 0 radical (unpaired) electrons. The molecule has 0 aliphatic heterocycles. The summed E-state index contributed by atoms with van der Waals surface area (Å²) in [5.74, 6) is -0.0678. The van der Waals surface area contributed by atoms with Gasteiger partial charge >= 0.3 is 5.97 Å². The summed E-state index contributed by atoms with van der Waals surface area (Å²) < 4.78 is 5.64. The fraction of sp³-hybridized carbons (Fsp3) is 0.229. The molecule has 1 unspecified atom stereocenters. The summed E-state index contributed by atoms with van der Waals surface area (Å²) in [6, 6.07) is 26.3. The van der Waals surface area contributed by atoms with E-state index in [9.17, 15) is 14.4 Å². The number of esters is 1. The Balaban J connectivity index is 1.37. The lowest BCUT2D eigenvalue weighted by Crippen LogP contribution is -2.22. The van der Waals surface area contributed by atoms with Gasteiger partial charge in [-0.1, -0.05) is 92.2 Å². The molecule has 208 valence electrons. The van der Waals surface area contributed by atoms with E-state index in [1.165, 1.54) is 23.5 Å². The van der Waals surface area contributed by atoms with Crippen molar-refractivity contribution in [2.24, 2.45) is 5.92 Å². The first-order valence-corrected chi connectivity index (χ1v) is 15.6. The number of ketones is 2. The van der Waals surface area contributed by atoms with E-state index in [2.05, 4.69) is 6.92 Å². The number of rotatable bonds is 10. The van der Waals surface area contributed by atoms with E-state index in [1.54, 1.807) is 24.3 Å². The van der Waals surface area contributed by atoms with Crippen LogP contribution in [0.5, 0.6) is 5.75 Å². The molecule has 0 amide bonds. The molecule has 4 aromatic rings. The quantitative estimate of drug-likeness (QED) is 0.121. The Hall–Kier alpha value is -3.61. The molecule has 6 heteroatoms. The van der Waals surface area contributed by atoms with E-state index in [-0.39, 0.29) is 23.5 Å². The highest BCUT2D eigenvalue weighted by Crippen LogP contribution is 2.41. The van der Waals surface area contributed by atoms with Crippen LogP contribution in [0.2, 0.25) is 0 Å². The van der Waals surface area contributed by atoms with Crippen LogP contribution in [0.25, 0.3) is 0 Å². The van der Waals surface area contributed by atoms with Gasteiger partial charge in [-0.25, -0.2) is 0 Å². The number of carbonyl (C=O) groups is 3. The van der Waals surface area contributed by atoms with Gasteiger partial charge in [-0.15, -0.1) is 0 Å². The lowest BCUT2D eigenvalue weighted by Gasteiger charge is -2.22. The van der Waals surface area contributed by atoms with Crippen LogP contribution in [0, 0.1) is 12.8 Å². The van der Waals surface area contributed by atoms with Gasteiger partial charge in [0.05, 0.1) is 5.92 Å². The van der Waals surface area contributed by atoms with Crippen molar-refractivity contribution in [2.45, 2.75) is 66.0 Å². The standard InChI is InChI=1S/C35H32O4S2/c1-4-6-9-23(5-2)35(38)39-24-16-20-26(21-17-24)41-30-13-8-11-28-32(30)34(37)27-10-7-12-29(31(27)33(28)36)40-25-18-14-22(3)15-19-25/h7-8,10-21,23H,4-6,9H2,1-3H3. The molecule has 0 bridgehead atoms. The zero-order valence-corrected chi connectivity index (χ0v) is 25.1. The maximum Gasteiger partial charge on any atom is 0.314 e. The Morgan fingerprint density at radius 1 is 0.732 bits per heavy atom. The minimum Gasteiger partial charge on any atom is -0.426 e. The summed E-state index contributed by atoms with van der Waals surface area (Å²) in [6.07, 6.45) is 3.64. The van der Waals surface area contributed by atoms with Crippen molar-refractivity contribution < 1.29 is 19.1 Å². The largest absolute Gasteiger partial charge is 0.426 e. The Morgan fingerprint density at radius 2 is 1.24 bits per heavy atom. The van der Waals surface area contributed by atoms with Gasteiger partial charge in [-0.05, 0) is 68.3 Å². The van der Waals surface area contributed by atoms with Crippen molar-refractivity contribution >= 4 is 41.1 Å². The highest BCUT2D eigenvalue weighted by atomic mass is 32.2. The summed E-state index contributed by atoms with van der Waals surface area (Å²) >= 11 is 2.92. The second kappa shape index (κ2) is 12.9. The van der Waals surface area contributed by atoms with Gasteiger partial charge in [-0.2, -0.15) is 0 Å². The summed E-state index contributed by atoms with van der Waals surface area (Å²) in [4.78, 5) is 43.6. The highest BCUT2D eigenvalue weighted by Gasteiger charge is 2.33. The molecule has 1 aliphatic rings. The van der Waals surface area contributed by atoms with Crippen LogP contribution in [-0.4, -0.2) is 17.5 Å². The lowest BCUT2D eigenvalue weighted by atomic mass is 9.84. The molecule has 0 saturated heterocycles. The molecule has 0 N–H and O–H groups in total. The molecule has 0 heterocycles. The van der Waals surface area contributed by atoms with Gasteiger partial charge in [0.1, 0.15) is 5.75 Å². The van der Waals surface area contributed by atoms with Crippen molar-refractivity contribution in [2.75, 3.05) is 0 Å². The summed E-state index contributed by atoms with van der Waals surface area (Å²) in [7, 11) is 0. The molecule has 0 aromatic heterocycles. The minimum absolute atomic E-state index is 0.0953. The minimum atomic E-state index is -0.193. The van der Waals surface area contributed by atoms with E-state index >= 15 is 0 Å². The van der Waals surface area contributed by atoms with E-state index in [1.807, 2.05) is 74.5 Å². The predicted molar refractivity (Wildman–Crippen MR) is 165 cm³/mol. The number of hydrogen-bond donors (Lipinski definition) is 0. The molecule has 0 spiro atoms. The van der Waals surface area contributed by atoms with E-state index < -0.39 is 0 Å². The molecule has 5 rings (SSSR count). The molecule has 0 saturated carbocycles. The average molecular weight is 581 g/mol.